The highest BCUT2D eigenvalue weighted by Crippen LogP contribution is 2.37. The summed E-state index contributed by atoms with van der Waals surface area (Å²) >= 11 is 6.51. The molecule has 1 saturated heterocycles. The standard InChI is InChI=1S/C17H9ClF4N2OS/c18-13-5-4-11(8-12(13)17(20,21)22)23-16-24-15(25)14(26-16)7-9-2-1-3-10(19)6-9/h1-8H,(H,23,24,25)/b14-7-. The summed E-state index contributed by atoms with van der Waals surface area (Å²) < 4.78 is 51.9. The molecule has 134 valence electrons. The highest BCUT2D eigenvalue weighted by molar-refractivity contribution is 8.18. The lowest BCUT2D eigenvalue weighted by Crippen LogP contribution is -2.19. The number of carbonyl (C=O) groups is 1. The lowest BCUT2D eigenvalue weighted by atomic mass is 10.2. The molecule has 0 spiro atoms. The number of benzene rings is 2. The predicted octanol–water partition coefficient (Wildman–Crippen LogP) is 5.39. The number of rotatable bonds is 2. The van der Waals surface area contributed by atoms with Crippen LogP contribution in [-0.4, -0.2) is 11.1 Å². The van der Waals surface area contributed by atoms with E-state index in [-0.39, 0.29) is 15.8 Å². The molecule has 3 nitrogen and oxygen atoms in total. The lowest BCUT2D eigenvalue weighted by molar-refractivity contribution is -0.137. The zero-order valence-electron chi connectivity index (χ0n) is 12.8. The average Bonchev–Trinajstić information content (AvgIpc) is 2.87. The number of thioether (sulfide) groups is 1. The average molecular weight is 401 g/mol. The van der Waals surface area contributed by atoms with E-state index >= 15 is 0 Å². The number of alkyl halides is 3. The van der Waals surface area contributed by atoms with E-state index in [1.165, 1.54) is 30.3 Å². The van der Waals surface area contributed by atoms with Gasteiger partial charge in [-0.15, -0.1) is 0 Å². The van der Waals surface area contributed by atoms with E-state index in [1.54, 1.807) is 6.07 Å². The van der Waals surface area contributed by atoms with Crippen molar-refractivity contribution < 1.29 is 22.4 Å². The normalized spacial score (nSPS) is 17.8. The van der Waals surface area contributed by atoms with Crippen LogP contribution in [0.25, 0.3) is 6.08 Å². The van der Waals surface area contributed by atoms with Crippen molar-refractivity contribution in [3.05, 3.63) is 69.3 Å². The molecular weight excluding hydrogens is 392 g/mol. The molecule has 1 heterocycles. The number of nitrogens with zero attached hydrogens (tertiary/aromatic N) is 1. The third-order valence-corrected chi connectivity index (χ3v) is 4.52. The van der Waals surface area contributed by atoms with Gasteiger partial charge in [0.2, 0.25) is 0 Å². The van der Waals surface area contributed by atoms with Crippen molar-refractivity contribution in [2.75, 3.05) is 0 Å². The molecule has 3 rings (SSSR count). The summed E-state index contributed by atoms with van der Waals surface area (Å²) in [4.78, 5) is 16.2. The third-order valence-electron chi connectivity index (χ3n) is 3.28. The van der Waals surface area contributed by atoms with Gasteiger partial charge in [0.1, 0.15) is 5.82 Å². The second-order valence-corrected chi connectivity index (χ2v) is 6.64. The maximum atomic E-state index is 13.2. The Bertz CT molecular complexity index is 941. The van der Waals surface area contributed by atoms with Crippen LogP contribution in [0.2, 0.25) is 5.02 Å². The van der Waals surface area contributed by atoms with Gasteiger partial charge >= 0.3 is 6.18 Å². The van der Waals surface area contributed by atoms with Crippen LogP contribution >= 0.6 is 23.4 Å². The minimum atomic E-state index is -4.61. The molecule has 0 aromatic heterocycles. The van der Waals surface area contributed by atoms with E-state index in [1.807, 2.05) is 0 Å². The zero-order chi connectivity index (χ0) is 18.9. The minimum absolute atomic E-state index is 0.00321. The van der Waals surface area contributed by atoms with Crippen LogP contribution in [-0.2, 0) is 11.0 Å². The summed E-state index contributed by atoms with van der Waals surface area (Å²) in [6, 6.07) is 8.85. The highest BCUT2D eigenvalue weighted by Gasteiger charge is 2.33. The van der Waals surface area contributed by atoms with Gasteiger partial charge in [-0.2, -0.15) is 13.2 Å². The molecule has 1 fully saturated rings. The van der Waals surface area contributed by atoms with Gasteiger partial charge in [0, 0.05) is 0 Å². The molecule has 2 aromatic carbocycles. The van der Waals surface area contributed by atoms with Gasteiger partial charge in [-0.05, 0) is 53.7 Å². The number of halogens is 5. The number of hydrogen-bond donors (Lipinski definition) is 1. The summed E-state index contributed by atoms with van der Waals surface area (Å²) in [5, 5.41) is 2.14. The molecule has 0 atom stereocenters. The molecule has 0 aliphatic carbocycles. The fourth-order valence-electron chi connectivity index (χ4n) is 2.15. The Morgan fingerprint density at radius 1 is 1.15 bits per heavy atom. The van der Waals surface area contributed by atoms with E-state index in [0.717, 1.165) is 23.9 Å². The van der Waals surface area contributed by atoms with E-state index in [2.05, 4.69) is 10.3 Å². The minimum Gasteiger partial charge on any atom is -0.300 e. The zero-order valence-corrected chi connectivity index (χ0v) is 14.3. The van der Waals surface area contributed by atoms with Crippen LogP contribution in [0.1, 0.15) is 11.1 Å². The van der Waals surface area contributed by atoms with Gasteiger partial charge < -0.3 is 5.32 Å². The quantitative estimate of drug-likeness (QED) is 0.542. The first-order chi connectivity index (χ1) is 12.2. The van der Waals surface area contributed by atoms with Crippen molar-refractivity contribution in [3.8, 4) is 0 Å². The summed E-state index contributed by atoms with van der Waals surface area (Å²) in [5.74, 6) is -0.916. The Hall–Kier alpha value is -2.32. The van der Waals surface area contributed by atoms with Gasteiger partial charge in [-0.3, -0.25) is 4.79 Å². The monoisotopic (exact) mass is 400 g/mol. The van der Waals surface area contributed by atoms with Crippen molar-refractivity contribution in [1.82, 2.24) is 5.32 Å². The van der Waals surface area contributed by atoms with Crippen molar-refractivity contribution >= 4 is 46.2 Å². The molecule has 9 heteroatoms. The molecule has 2 aromatic rings. The van der Waals surface area contributed by atoms with Gasteiger partial charge in [0.15, 0.2) is 5.17 Å². The molecule has 1 aliphatic heterocycles. The number of nitrogens with one attached hydrogen (secondary N) is 1. The number of aliphatic imine (C=N–C) groups is 1. The Morgan fingerprint density at radius 3 is 2.62 bits per heavy atom. The second-order valence-electron chi connectivity index (χ2n) is 5.20. The van der Waals surface area contributed by atoms with Gasteiger partial charge in [-0.25, -0.2) is 9.38 Å². The summed E-state index contributed by atoms with van der Waals surface area (Å²) in [6.07, 6.45) is -3.14. The van der Waals surface area contributed by atoms with Gasteiger partial charge in [0.25, 0.3) is 5.91 Å². The maximum absolute atomic E-state index is 13.2. The number of carbonyl (C=O) groups excluding carboxylic acids is 1. The first-order valence-electron chi connectivity index (χ1n) is 7.14. The van der Waals surface area contributed by atoms with Crippen LogP contribution in [0.3, 0.4) is 0 Å². The summed E-state index contributed by atoms with van der Waals surface area (Å²) in [6.45, 7) is 0. The Balaban J connectivity index is 1.87. The van der Waals surface area contributed by atoms with E-state index in [0.29, 0.717) is 5.56 Å². The number of hydrogen-bond acceptors (Lipinski definition) is 3. The van der Waals surface area contributed by atoms with Gasteiger partial charge in [-0.1, -0.05) is 23.7 Å². The SMILES string of the molecule is O=C1NC(=Nc2ccc(Cl)c(C(F)(F)F)c2)S/C1=C\c1cccc(F)c1. The lowest BCUT2D eigenvalue weighted by Gasteiger charge is -2.09. The Morgan fingerprint density at radius 2 is 1.92 bits per heavy atom. The second kappa shape index (κ2) is 7.13. The van der Waals surface area contributed by atoms with E-state index < -0.39 is 28.5 Å². The van der Waals surface area contributed by atoms with Crippen LogP contribution in [0.4, 0.5) is 23.2 Å². The fraction of sp³-hybridized carbons (Fsp3) is 0.0588. The molecule has 0 bridgehead atoms. The number of amidine groups is 1. The molecule has 1 aliphatic rings. The van der Waals surface area contributed by atoms with Crippen molar-refractivity contribution in [1.29, 1.82) is 0 Å². The first kappa shape index (κ1) is 18.5. The Kier molecular flexibility index (Phi) is 5.06. The number of amides is 1. The summed E-state index contributed by atoms with van der Waals surface area (Å²) in [7, 11) is 0. The van der Waals surface area contributed by atoms with Crippen molar-refractivity contribution in [2.24, 2.45) is 4.99 Å². The predicted molar refractivity (Wildman–Crippen MR) is 93.7 cm³/mol. The summed E-state index contributed by atoms with van der Waals surface area (Å²) in [5.41, 5.74) is -0.530. The first-order valence-corrected chi connectivity index (χ1v) is 8.34. The third kappa shape index (κ3) is 4.25. The molecule has 0 radical (unpaired) electrons. The van der Waals surface area contributed by atoms with Crippen molar-refractivity contribution in [2.45, 2.75) is 6.18 Å². The molecular formula is C17H9ClF4N2OS. The van der Waals surface area contributed by atoms with Crippen LogP contribution in [0, 0.1) is 5.82 Å². The van der Waals surface area contributed by atoms with E-state index in [9.17, 15) is 22.4 Å². The van der Waals surface area contributed by atoms with Crippen LogP contribution in [0.5, 0.6) is 0 Å². The maximum Gasteiger partial charge on any atom is 0.417 e. The fourth-order valence-corrected chi connectivity index (χ4v) is 3.21. The van der Waals surface area contributed by atoms with Crippen molar-refractivity contribution in [3.63, 3.8) is 0 Å². The topological polar surface area (TPSA) is 41.5 Å². The molecule has 1 amide bonds. The highest BCUT2D eigenvalue weighted by atomic mass is 35.5. The van der Waals surface area contributed by atoms with E-state index in [4.69, 9.17) is 11.6 Å². The molecule has 1 N–H and O–H groups in total. The molecule has 26 heavy (non-hydrogen) atoms. The Labute approximate surface area is 154 Å². The smallest absolute Gasteiger partial charge is 0.300 e. The largest absolute Gasteiger partial charge is 0.417 e. The molecule has 0 saturated carbocycles. The van der Waals surface area contributed by atoms with Crippen LogP contribution < -0.4 is 5.32 Å². The van der Waals surface area contributed by atoms with Gasteiger partial charge in [0.05, 0.1) is 21.2 Å². The molecule has 0 unspecified atom stereocenters. The van der Waals surface area contributed by atoms with Crippen LogP contribution in [0.15, 0.2) is 52.4 Å².